The average molecular weight is 435 g/mol. The van der Waals surface area contributed by atoms with Crippen LogP contribution in [0.25, 0.3) is 6.08 Å². The van der Waals surface area contributed by atoms with Crippen molar-refractivity contribution in [3.8, 4) is 5.75 Å². The zero-order valence-electron chi connectivity index (χ0n) is 16.3. The number of halogens is 1. The monoisotopic (exact) mass is 434 g/mol. The van der Waals surface area contributed by atoms with Gasteiger partial charge in [0.15, 0.2) is 5.17 Å². The highest BCUT2D eigenvalue weighted by Gasteiger charge is 2.23. The first-order valence-corrected chi connectivity index (χ1v) is 10.6. The van der Waals surface area contributed by atoms with Gasteiger partial charge in [0.05, 0.1) is 10.6 Å². The minimum Gasteiger partial charge on any atom is -0.489 e. The molecule has 30 heavy (non-hydrogen) atoms. The van der Waals surface area contributed by atoms with Crippen LogP contribution in [0.1, 0.15) is 16.7 Å². The topological polar surface area (TPSA) is 50.7 Å². The molecule has 1 heterocycles. The first kappa shape index (κ1) is 20.3. The molecule has 0 spiro atoms. The number of nitrogens with zero attached hydrogens (tertiary/aromatic N) is 1. The number of benzene rings is 3. The van der Waals surface area contributed by atoms with Gasteiger partial charge in [0, 0.05) is 10.6 Å². The van der Waals surface area contributed by atoms with Crippen LogP contribution < -0.4 is 10.1 Å². The number of rotatable bonds is 5. The van der Waals surface area contributed by atoms with Gasteiger partial charge < -0.3 is 10.1 Å². The summed E-state index contributed by atoms with van der Waals surface area (Å²) in [6.45, 7) is 2.42. The average Bonchev–Trinajstić information content (AvgIpc) is 3.09. The Hall–Kier alpha value is -3.02. The molecule has 0 radical (unpaired) electrons. The number of amidine groups is 1. The fraction of sp³-hybridized carbons (Fsp3) is 0.0833. The molecule has 150 valence electrons. The van der Waals surface area contributed by atoms with E-state index in [4.69, 9.17) is 16.3 Å². The summed E-state index contributed by atoms with van der Waals surface area (Å²) in [5.41, 5.74) is 3.82. The van der Waals surface area contributed by atoms with Gasteiger partial charge in [0.25, 0.3) is 5.91 Å². The van der Waals surface area contributed by atoms with E-state index < -0.39 is 0 Å². The summed E-state index contributed by atoms with van der Waals surface area (Å²) in [7, 11) is 0. The Kier molecular flexibility index (Phi) is 6.21. The lowest BCUT2D eigenvalue weighted by atomic mass is 10.2. The van der Waals surface area contributed by atoms with Crippen LogP contribution in [0.5, 0.6) is 5.75 Å². The van der Waals surface area contributed by atoms with Gasteiger partial charge in [-0.15, -0.1) is 0 Å². The first-order valence-electron chi connectivity index (χ1n) is 9.39. The Labute approximate surface area is 184 Å². The number of amides is 1. The Morgan fingerprint density at radius 2 is 1.77 bits per heavy atom. The van der Waals surface area contributed by atoms with Crippen molar-refractivity contribution in [2.45, 2.75) is 13.5 Å². The molecule has 4 nitrogen and oxygen atoms in total. The van der Waals surface area contributed by atoms with E-state index in [0.29, 0.717) is 21.7 Å². The van der Waals surface area contributed by atoms with Gasteiger partial charge in [0.2, 0.25) is 0 Å². The Morgan fingerprint density at radius 3 is 2.50 bits per heavy atom. The van der Waals surface area contributed by atoms with E-state index in [1.807, 2.05) is 85.8 Å². The minimum atomic E-state index is -0.148. The van der Waals surface area contributed by atoms with Gasteiger partial charge in [0.1, 0.15) is 12.4 Å². The number of carbonyl (C=O) groups excluding carboxylic acids is 1. The smallest absolute Gasteiger partial charge is 0.264 e. The summed E-state index contributed by atoms with van der Waals surface area (Å²) in [6.07, 6.45) is 1.84. The van der Waals surface area contributed by atoms with Crippen molar-refractivity contribution in [1.82, 2.24) is 5.32 Å². The van der Waals surface area contributed by atoms with Crippen LogP contribution in [0, 0.1) is 6.92 Å². The van der Waals surface area contributed by atoms with Crippen molar-refractivity contribution >= 4 is 46.2 Å². The Bertz CT molecular complexity index is 1120. The maximum Gasteiger partial charge on any atom is 0.264 e. The van der Waals surface area contributed by atoms with Crippen LogP contribution in [0.3, 0.4) is 0 Å². The fourth-order valence-electron chi connectivity index (χ4n) is 2.81. The van der Waals surface area contributed by atoms with Gasteiger partial charge >= 0.3 is 0 Å². The van der Waals surface area contributed by atoms with E-state index in [0.717, 1.165) is 22.6 Å². The van der Waals surface area contributed by atoms with Crippen molar-refractivity contribution < 1.29 is 9.53 Å². The number of thioether (sulfide) groups is 1. The molecule has 6 heteroatoms. The standard InChI is InChI=1S/C24H19ClN2O2S/c1-16-6-10-19(11-7-16)26-24-27-23(28)22(30-24)14-17-8-12-20(13-9-17)29-15-18-4-2-3-5-21(18)25/h2-14H,15H2,1H3,(H,26,27,28). The zero-order chi connectivity index (χ0) is 20.9. The Morgan fingerprint density at radius 1 is 1.03 bits per heavy atom. The van der Waals surface area contributed by atoms with Crippen molar-refractivity contribution in [3.05, 3.63) is 99.4 Å². The molecular weight excluding hydrogens is 416 g/mol. The van der Waals surface area contributed by atoms with E-state index in [-0.39, 0.29) is 5.91 Å². The summed E-state index contributed by atoms with van der Waals surface area (Å²) in [6, 6.07) is 23.0. The predicted molar refractivity (Wildman–Crippen MR) is 124 cm³/mol. The maximum atomic E-state index is 12.3. The highest BCUT2D eigenvalue weighted by molar-refractivity contribution is 8.18. The number of hydrogen-bond acceptors (Lipinski definition) is 4. The quantitative estimate of drug-likeness (QED) is 0.492. The van der Waals surface area contributed by atoms with Crippen LogP contribution in [-0.4, -0.2) is 11.1 Å². The molecule has 1 fully saturated rings. The highest BCUT2D eigenvalue weighted by Crippen LogP contribution is 2.28. The molecule has 0 bridgehead atoms. The lowest BCUT2D eigenvalue weighted by molar-refractivity contribution is -0.115. The molecule has 3 aromatic rings. The van der Waals surface area contributed by atoms with Crippen LogP contribution in [-0.2, 0) is 11.4 Å². The van der Waals surface area contributed by atoms with Gasteiger partial charge in [-0.1, -0.05) is 59.6 Å². The second kappa shape index (κ2) is 9.20. The molecule has 1 N–H and O–H groups in total. The molecule has 4 rings (SSSR count). The molecule has 1 aliphatic heterocycles. The molecule has 0 atom stereocenters. The van der Waals surface area contributed by atoms with Gasteiger partial charge in [-0.05, 0) is 60.7 Å². The van der Waals surface area contributed by atoms with Crippen molar-refractivity contribution in [2.75, 3.05) is 0 Å². The number of aliphatic imine (C=N–C) groups is 1. The zero-order valence-corrected chi connectivity index (χ0v) is 17.8. The van der Waals surface area contributed by atoms with Crippen LogP contribution in [0.15, 0.2) is 82.7 Å². The normalized spacial score (nSPS) is 16.1. The Balaban J connectivity index is 1.41. The van der Waals surface area contributed by atoms with Gasteiger partial charge in [-0.3, -0.25) is 4.79 Å². The summed E-state index contributed by atoms with van der Waals surface area (Å²) in [5.74, 6) is 0.590. The first-order chi connectivity index (χ1) is 14.6. The molecule has 1 aliphatic rings. The van der Waals surface area contributed by atoms with Crippen molar-refractivity contribution in [2.24, 2.45) is 4.99 Å². The second-order valence-corrected chi connectivity index (χ2v) is 8.20. The summed E-state index contributed by atoms with van der Waals surface area (Å²) in [4.78, 5) is 17.4. The number of aryl methyl sites for hydroxylation is 1. The van der Waals surface area contributed by atoms with Crippen LogP contribution >= 0.6 is 23.4 Å². The van der Waals surface area contributed by atoms with Gasteiger partial charge in [-0.2, -0.15) is 0 Å². The second-order valence-electron chi connectivity index (χ2n) is 6.77. The summed E-state index contributed by atoms with van der Waals surface area (Å²) < 4.78 is 5.80. The molecule has 0 unspecified atom stereocenters. The van der Waals surface area contributed by atoms with Crippen molar-refractivity contribution in [1.29, 1.82) is 0 Å². The van der Waals surface area contributed by atoms with Crippen LogP contribution in [0.4, 0.5) is 5.69 Å². The number of hydrogen-bond donors (Lipinski definition) is 1. The molecular formula is C24H19ClN2O2S. The van der Waals surface area contributed by atoms with E-state index >= 15 is 0 Å². The van der Waals surface area contributed by atoms with Crippen molar-refractivity contribution in [3.63, 3.8) is 0 Å². The number of carbonyl (C=O) groups is 1. The third kappa shape index (κ3) is 5.12. The minimum absolute atomic E-state index is 0.148. The lowest BCUT2D eigenvalue weighted by Gasteiger charge is -2.08. The van der Waals surface area contributed by atoms with E-state index in [9.17, 15) is 4.79 Å². The third-order valence-corrected chi connectivity index (χ3v) is 5.72. The molecule has 1 amide bonds. The predicted octanol–water partition coefficient (Wildman–Crippen LogP) is 6.12. The van der Waals surface area contributed by atoms with E-state index in [2.05, 4.69) is 10.3 Å². The largest absolute Gasteiger partial charge is 0.489 e. The molecule has 0 saturated carbocycles. The number of ether oxygens (including phenoxy) is 1. The third-order valence-electron chi connectivity index (χ3n) is 4.45. The highest BCUT2D eigenvalue weighted by atomic mass is 35.5. The van der Waals surface area contributed by atoms with Crippen LogP contribution in [0.2, 0.25) is 5.02 Å². The summed E-state index contributed by atoms with van der Waals surface area (Å²) in [5, 5.41) is 4.08. The molecule has 0 aliphatic carbocycles. The lowest BCUT2D eigenvalue weighted by Crippen LogP contribution is -2.19. The maximum absolute atomic E-state index is 12.3. The molecule has 1 saturated heterocycles. The number of nitrogens with one attached hydrogen (secondary N) is 1. The van der Waals surface area contributed by atoms with Gasteiger partial charge in [-0.25, -0.2) is 4.99 Å². The molecule has 3 aromatic carbocycles. The van der Waals surface area contributed by atoms with E-state index in [1.165, 1.54) is 17.3 Å². The SMILES string of the molecule is Cc1ccc(N=C2NC(=O)C(=Cc3ccc(OCc4ccccc4Cl)cc3)S2)cc1. The fourth-order valence-corrected chi connectivity index (χ4v) is 3.84. The summed E-state index contributed by atoms with van der Waals surface area (Å²) >= 11 is 7.49. The molecule has 0 aromatic heterocycles. The van der Waals surface area contributed by atoms with E-state index in [1.54, 1.807) is 0 Å².